The first-order valence-corrected chi connectivity index (χ1v) is 6.92. The first-order chi connectivity index (χ1) is 8.92. The monoisotopic (exact) mass is 284 g/mol. The molecule has 2 rings (SSSR count). The van der Waals surface area contributed by atoms with E-state index in [1.807, 2.05) is 18.7 Å². The fourth-order valence-corrected chi connectivity index (χ4v) is 2.79. The van der Waals surface area contributed by atoms with E-state index < -0.39 is 0 Å². The molecule has 2 aromatic rings. The molecule has 0 fully saturated rings. The van der Waals surface area contributed by atoms with Gasteiger partial charge in [-0.25, -0.2) is 4.98 Å². The van der Waals surface area contributed by atoms with Crippen LogP contribution in [0.15, 0.2) is 0 Å². The zero-order valence-electron chi connectivity index (χ0n) is 12.2. The largest absolute Gasteiger partial charge is 0.382 e. The number of methoxy groups -OCH3 is 1. The Balaban J connectivity index is 2.70. The molecule has 2 heterocycles. The van der Waals surface area contributed by atoms with Crippen molar-refractivity contribution in [1.82, 2.24) is 19.3 Å². The van der Waals surface area contributed by atoms with E-state index in [0.29, 0.717) is 12.5 Å². The van der Waals surface area contributed by atoms with Gasteiger partial charge in [0.25, 0.3) is 0 Å². The second-order valence-corrected chi connectivity index (χ2v) is 5.81. The van der Waals surface area contributed by atoms with E-state index in [0.717, 1.165) is 29.1 Å². The molecule has 0 amide bonds. The smallest absolute Gasteiger partial charge is 0.159 e. The molecule has 0 aliphatic carbocycles. The maximum Gasteiger partial charge on any atom is 0.159 e. The molecule has 0 unspecified atom stereocenters. The van der Waals surface area contributed by atoms with Crippen LogP contribution in [0, 0.1) is 6.92 Å². The van der Waals surface area contributed by atoms with Crippen LogP contribution in [-0.2, 0) is 23.7 Å². The molecule has 19 heavy (non-hydrogen) atoms. The molecule has 0 atom stereocenters. The Morgan fingerprint density at radius 3 is 2.63 bits per heavy atom. The van der Waals surface area contributed by atoms with E-state index in [1.54, 1.807) is 7.11 Å². The molecular formula is C13H21ClN4O. The minimum absolute atomic E-state index is 0.189. The van der Waals surface area contributed by atoms with Gasteiger partial charge >= 0.3 is 0 Å². The van der Waals surface area contributed by atoms with Crippen LogP contribution in [0.25, 0.3) is 11.2 Å². The second kappa shape index (κ2) is 5.13. The fourth-order valence-electron chi connectivity index (χ4n) is 2.62. The lowest BCUT2D eigenvalue weighted by molar-refractivity contribution is 0.109. The number of nitrogens with zero attached hydrogens (tertiary/aromatic N) is 4. The summed E-state index contributed by atoms with van der Waals surface area (Å²) < 4.78 is 9.43. The maximum absolute atomic E-state index is 5.90. The zero-order chi connectivity index (χ0) is 14.2. The second-order valence-electron chi connectivity index (χ2n) is 5.43. The number of aromatic nitrogens is 4. The van der Waals surface area contributed by atoms with Gasteiger partial charge in [0.1, 0.15) is 11.3 Å². The Hall–Kier alpha value is -1.07. The number of alkyl halides is 1. The van der Waals surface area contributed by atoms with Crippen LogP contribution in [0.2, 0.25) is 0 Å². The number of aryl methyl sites for hydroxylation is 3. The zero-order valence-corrected chi connectivity index (χ0v) is 13.0. The van der Waals surface area contributed by atoms with Gasteiger partial charge in [-0.2, -0.15) is 5.10 Å². The summed E-state index contributed by atoms with van der Waals surface area (Å²) >= 11 is 5.90. The average Bonchev–Trinajstić information content (AvgIpc) is 2.80. The summed E-state index contributed by atoms with van der Waals surface area (Å²) in [6, 6.07) is 0. The van der Waals surface area contributed by atoms with Crippen LogP contribution in [0.1, 0.15) is 25.4 Å². The van der Waals surface area contributed by atoms with Gasteiger partial charge in [-0.3, -0.25) is 4.68 Å². The predicted octanol–water partition coefficient (Wildman–Crippen LogP) is 2.24. The van der Waals surface area contributed by atoms with Crippen molar-refractivity contribution in [1.29, 1.82) is 0 Å². The van der Waals surface area contributed by atoms with Gasteiger partial charge in [-0.15, -0.1) is 11.6 Å². The SMILES string of the molecule is COCC(C)(C)n1c(CCCl)nc2c(C)nn(C)c21. The Morgan fingerprint density at radius 1 is 1.37 bits per heavy atom. The van der Waals surface area contributed by atoms with E-state index in [-0.39, 0.29) is 5.54 Å². The molecule has 0 aromatic carbocycles. The topological polar surface area (TPSA) is 44.9 Å². The highest BCUT2D eigenvalue weighted by Crippen LogP contribution is 2.27. The van der Waals surface area contributed by atoms with Gasteiger partial charge in [-0.05, 0) is 20.8 Å². The van der Waals surface area contributed by atoms with Gasteiger partial charge < -0.3 is 9.30 Å². The molecule has 0 aliphatic heterocycles. The summed E-state index contributed by atoms with van der Waals surface area (Å²) in [5.74, 6) is 1.54. The lowest BCUT2D eigenvalue weighted by Crippen LogP contribution is -2.33. The van der Waals surface area contributed by atoms with E-state index >= 15 is 0 Å². The van der Waals surface area contributed by atoms with E-state index in [9.17, 15) is 0 Å². The van der Waals surface area contributed by atoms with Crippen molar-refractivity contribution < 1.29 is 4.74 Å². The van der Waals surface area contributed by atoms with Crippen LogP contribution in [-0.4, -0.2) is 38.9 Å². The molecule has 2 aromatic heterocycles. The third-order valence-corrected chi connectivity index (χ3v) is 3.48. The van der Waals surface area contributed by atoms with E-state index in [2.05, 4.69) is 23.5 Å². The lowest BCUT2D eigenvalue weighted by atomic mass is 10.1. The molecular weight excluding hydrogens is 264 g/mol. The molecule has 0 radical (unpaired) electrons. The number of hydrogen-bond acceptors (Lipinski definition) is 3. The molecule has 0 saturated heterocycles. The van der Waals surface area contributed by atoms with Crippen molar-refractivity contribution in [2.24, 2.45) is 7.05 Å². The standard InChI is InChI=1S/C13H21ClN4O/c1-9-11-12(17(4)16-9)18(10(15-11)6-7-14)13(2,3)8-19-5/h6-8H2,1-5H3. The normalized spacial score (nSPS) is 12.5. The number of rotatable bonds is 5. The van der Waals surface area contributed by atoms with Gasteiger partial charge in [0.15, 0.2) is 5.65 Å². The van der Waals surface area contributed by atoms with Crippen molar-refractivity contribution in [3.63, 3.8) is 0 Å². The highest BCUT2D eigenvalue weighted by molar-refractivity contribution is 6.17. The van der Waals surface area contributed by atoms with Crippen molar-refractivity contribution in [2.45, 2.75) is 32.7 Å². The molecule has 5 nitrogen and oxygen atoms in total. The summed E-state index contributed by atoms with van der Waals surface area (Å²) in [7, 11) is 3.66. The molecule has 106 valence electrons. The number of fused-ring (bicyclic) bond motifs is 1. The lowest BCUT2D eigenvalue weighted by Gasteiger charge is -2.28. The third-order valence-electron chi connectivity index (χ3n) is 3.29. The van der Waals surface area contributed by atoms with Crippen LogP contribution in [0.5, 0.6) is 0 Å². The van der Waals surface area contributed by atoms with Crippen LogP contribution in [0.3, 0.4) is 0 Å². The summed E-state index contributed by atoms with van der Waals surface area (Å²) in [6.07, 6.45) is 0.739. The summed E-state index contributed by atoms with van der Waals surface area (Å²) in [6.45, 7) is 6.86. The van der Waals surface area contributed by atoms with Gasteiger partial charge in [0.2, 0.25) is 0 Å². The highest BCUT2D eigenvalue weighted by Gasteiger charge is 2.28. The first kappa shape index (κ1) is 14.3. The first-order valence-electron chi connectivity index (χ1n) is 6.38. The Labute approximate surface area is 118 Å². The van der Waals surface area contributed by atoms with Crippen LogP contribution < -0.4 is 0 Å². The summed E-state index contributed by atoms with van der Waals surface area (Å²) in [5.41, 5.74) is 2.73. The van der Waals surface area contributed by atoms with Crippen molar-refractivity contribution >= 4 is 22.8 Å². The van der Waals surface area contributed by atoms with Gasteiger partial charge in [0.05, 0.1) is 17.8 Å². The van der Waals surface area contributed by atoms with Crippen molar-refractivity contribution in [3.8, 4) is 0 Å². The third kappa shape index (κ3) is 2.37. The summed E-state index contributed by atoms with van der Waals surface area (Å²) in [5, 5.41) is 4.45. The minimum Gasteiger partial charge on any atom is -0.382 e. The number of imidazole rings is 1. The van der Waals surface area contributed by atoms with Gasteiger partial charge in [-0.1, -0.05) is 0 Å². The molecule has 6 heteroatoms. The van der Waals surface area contributed by atoms with E-state index in [1.165, 1.54) is 0 Å². The summed E-state index contributed by atoms with van der Waals surface area (Å²) in [4.78, 5) is 4.71. The molecule has 0 bridgehead atoms. The molecule has 0 aliphatic rings. The number of halogens is 1. The van der Waals surface area contributed by atoms with Crippen LogP contribution in [0.4, 0.5) is 0 Å². The Morgan fingerprint density at radius 2 is 2.05 bits per heavy atom. The number of hydrogen-bond donors (Lipinski definition) is 0. The Kier molecular flexibility index (Phi) is 3.87. The van der Waals surface area contributed by atoms with Crippen LogP contribution >= 0.6 is 11.6 Å². The Bertz CT molecular complexity index is 585. The average molecular weight is 285 g/mol. The minimum atomic E-state index is -0.189. The quantitative estimate of drug-likeness (QED) is 0.791. The molecule has 0 N–H and O–H groups in total. The van der Waals surface area contributed by atoms with E-state index in [4.69, 9.17) is 21.3 Å². The van der Waals surface area contributed by atoms with Gasteiger partial charge in [0, 0.05) is 26.5 Å². The fraction of sp³-hybridized carbons (Fsp3) is 0.692. The van der Waals surface area contributed by atoms with Crippen molar-refractivity contribution in [3.05, 3.63) is 11.5 Å². The molecule has 0 saturated carbocycles. The number of ether oxygens (including phenoxy) is 1. The maximum atomic E-state index is 5.90. The predicted molar refractivity (Wildman–Crippen MR) is 76.9 cm³/mol. The highest BCUT2D eigenvalue weighted by atomic mass is 35.5. The molecule has 0 spiro atoms. The van der Waals surface area contributed by atoms with Crippen molar-refractivity contribution in [2.75, 3.05) is 19.6 Å².